The molecule has 11 aromatic rings. The fourth-order valence-corrected chi connectivity index (χ4v) is 8.91. The number of aromatic nitrogens is 4. The lowest BCUT2D eigenvalue weighted by Crippen LogP contribution is -2.06. The Morgan fingerprint density at radius 3 is 1.90 bits per heavy atom. The number of benzene rings is 8. The highest BCUT2D eigenvalue weighted by molar-refractivity contribution is 7.26. The van der Waals surface area contributed by atoms with Gasteiger partial charge in [0.15, 0.2) is 11.6 Å². The van der Waals surface area contributed by atoms with E-state index in [0.717, 1.165) is 27.5 Å². The van der Waals surface area contributed by atoms with Crippen LogP contribution in [0.4, 0.5) is 0 Å². The molecule has 8 aromatic carbocycles. The van der Waals surface area contributed by atoms with Gasteiger partial charge in [-0.2, -0.15) is 9.97 Å². The van der Waals surface area contributed by atoms with Crippen LogP contribution in [-0.4, -0.2) is 19.5 Å². The van der Waals surface area contributed by atoms with Crippen molar-refractivity contribution >= 4 is 74.9 Å². The van der Waals surface area contributed by atoms with E-state index in [2.05, 4.69) is 174 Å². The molecule has 3 heterocycles. The summed E-state index contributed by atoms with van der Waals surface area (Å²) in [6, 6.07) is 60.4. The second kappa shape index (κ2) is 11.4. The normalized spacial score (nSPS) is 11.8. The zero-order valence-electron chi connectivity index (χ0n) is 27.9. The van der Waals surface area contributed by atoms with Gasteiger partial charge in [-0.3, -0.25) is 4.57 Å². The Bertz CT molecular complexity index is 3190. The molecule has 0 aliphatic rings. The number of nitrogens with zero attached hydrogens (tertiary/aromatic N) is 4. The van der Waals surface area contributed by atoms with Crippen LogP contribution in [0.5, 0.6) is 0 Å². The van der Waals surface area contributed by atoms with Gasteiger partial charge in [0.05, 0.1) is 11.0 Å². The van der Waals surface area contributed by atoms with E-state index in [1.54, 1.807) is 11.3 Å². The smallest absolute Gasteiger partial charge is 0.238 e. The highest BCUT2D eigenvalue weighted by atomic mass is 32.1. The molecule has 0 radical (unpaired) electrons. The predicted molar refractivity (Wildman–Crippen MR) is 218 cm³/mol. The van der Waals surface area contributed by atoms with Crippen LogP contribution in [0.15, 0.2) is 170 Å². The lowest BCUT2D eigenvalue weighted by Gasteiger charge is -2.12. The molecule has 0 aliphatic heterocycles. The quantitative estimate of drug-likeness (QED) is 0.186. The van der Waals surface area contributed by atoms with Crippen molar-refractivity contribution in [3.8, 4) is 39.9 Å². The molecule has 11 rings (SSSR count). The summed E-state index contributed by atoms with van der Waals surface area (Å²) >= 11 is 1.79. The minimum absolute atomic E-state index is 0.596. The predicted octanol–water partition coefficient (Wildman–Crippen LogP) is 12.6. The average Bonchev–Trinajstić information content (AvgIpc) is 3.75. The first-order valence-corrected chi connectivity index (χ1v) is 18.3. The first-order chi connectivity index (χ1) is 25.7. The van der Waals surface area contributed by atoms with Crippen LogP contribution in [0, 0.1) is 0 Å². The Kier molecular flexibility index (Phi) is 6.39. The van der Waals surface area contributed by atoms with Gasteiger partial charge in [-0.05, 0) is 75.1 Å². The molecule has 5 heteroatoms. The van der Waals surface area contributed by atoms with Crippen LogP contribution >= 0.6 is 11.3 Å². The van der Waals surface area contributed by atoms with E-state index in [9.17, 15) is 0 Å². The molecule has 0 spiro atoms. The van der Waals surface area contributed by atoms with Gasteiger partial charge < -0.3 is 0 Å². The van der Waals surface area contributed by atoms with Gasteiger partial charge in [-0.1, -0.05) is 127 Å². The summed E-state index contributed by atoms with van der Waals surface area (Å²) < 4.78 is 4.63. The molecule has 242 valence electrons. The number of para-hydroxylation sites is 1. The standard InChI is InChI=1S/C47H28N4S/c1-2-11-29(12-3-1)32-21-22-34-26-35(24-23-33(34)25-32)45-48-46(39-18-10-17-38-37-16-7-9-20-43(37)52-44(38)39)50-47(49-45)51-41-19-8-6-15-36(41)40-27-30-13-4-5-14-31(30)28-42(40)51/h1-28H. The van der Waals surface area contributed by atoms with E-state index in [-0.39, 0.29) is 0 Å². The molecule has 0 bridgehead atoms. The molecule has 3 aromatic heterocycles. The monoisotopic (exact) mass is 680 g/mol. The number of rotatable bonds is 4. The van der Waals surface area contributed by atoms with E-state index >= 15 is 0 Å². The number of hydrogen-bond donors (Lipinski definition) is 0. The summed E-state index contributed by atoms with van der Waals surface area (Å²) in [5, 5.41) is 9.48. The first-order valence-electron chi connectivity index (χ1n) is 17.4. The van der Waals surface area contributed by atoms with Crippen LogP contribution in [0.3, 0.4) is 0 Å². The van der Waals surface area contributed by atoms with Crippen LogP contribution in [-0.2, 0) is 0 Å². The lowest BCUT2D eigenvalue weighted by molar-refractivity contribution is 0.955. The van der Waals surface area contributed by atoms with Crippen molar-refractivity contribution in [2.75, 3.05) is 0 Å². The van der Waals surface area contributed by atoms with Gasteiger partial charge >= 0.3 is 0 Å². The Hall–Kier alpha value is -6.69. The third-order valence-corrected chi connectivity index (χ3v) is 11.4. The van der Waals surface area contributed by atoms with Crippen molar-refractivity contribution in [3.63, 3.8) is 0 Å². The third kappa shape index (κ3) is 4.57. The summed E-state index contributed by atoms with van der Waals surface area (Å²) in [4.78, 5) is 15.9. The fraction of sp³-hybridized carbons (Fsp3) is 0. The van der Waals surface area contributed by atoms with E-state index in [1.165, 1.54) is 58.2 Å². The molecule has 0 amide bonds. The maximum Gasteiger partial charge on any atom is 0.238 e. The van der Waals surface area contributed by atoms with Crippen molar-refractivity contribution in [2.45, 2.75) is 0 Å². The van der Waals surface area contributed by atoms with Crippen molar-refractivity contribution in [1.82, 2.24) is 19.5 Å². The Morgan fingerprint density at radius 2 is 1.04 bits per heavy atom. The van der Waals surface area contributed by atoms with Gasteiger partial charge in [-0.15, -0.1) is 11.3 Å². The molecule has 0 N–H and O–H groups in total. The molecule has 4 nitrogen and oxygen atoms in total. The molecule has 0 unspecified atom stereocenters. The molecule has 52 heavy (non-hydrogen) atoms. The number of fused-ring (bicyclic) bond motifs is 8. The van der Waals surface area contributed by atoms with Crippen molar-refractivity contribution < 1.29 is 0 Å². The largest absolute Gasteiger partial charge is 0.278 e. The molecule has 0 saturated heterocycles. The lowest BCUT2D eigenvalue weighted by atomic mass is 10.00. The van der Waals surface area contributed by atoms with Gasteiger partial charge in [0.25, 0.3) is 0 Å². The second-order valence-corrected chi connectivity index (χ2v) is 14.3. The number of hydrogen-bond acceptors (Lipinski definition) is 4. The Balaban J connectivity index is 1.18. The summed E-state index contributed by atoms with van der Waals surface area (Å²) in [6.45, 7) is 0. The zero-order chi connectivity index (χ0) is 34.2. The van der Waals surface area contributed by atoms with Gasteiger partial charge in [0, 0.05) is 42.1 Å². The average molecular weight is 681 g/mol. The summed E-state index contributed by atoms with van der Waals surface area (Å²) in [7, 11) is 0. The molecular formula is C47H28N4S. The Morgan fingerprint density at radius 1 is 0.385 bits per heavy atom. The molecule has 0 saturated carbocycles. The highest BCUT2D eigenvalue weighted by Crippen LogP contribution is 2.40. The summed E-state index contributed by atoms with van der Waals surface area (Å²) in [5.41, 5.74) is 6.47. The SMILES string of the molecule is c1ccc(-c2ccc3cc(-c4nc(-c5cccc6c5sc5ccccc56)nc(-n5c6ccccc6c6cc7ccccc7cc65)n4)ccc3c2)cc1. The van der Waals surface area contributed by atoms with E-state index in [1.807, 2.05) is 0 Å². The van der Waals surface area contributed by atoms with E-state index < -0.39 is 0 Å². The minimum atomic E-state index is 0.596. The van der Waals surface area contributed by atoms with Crippen LogP contribution < -0.4 is 0 Å². The molecular weight excluding hydrogens is 653 g/mol. The maximum absolute atomic E-state index is 5.33. The molecule has 0 aliphatic carbocycles. The second-order valence-electron chi connectivity index (χ2n) is 13.3. The maximum atomic E-state index is 5.33. The van der Waals surface area contributed by atoms with Gasteiger partial charge in [0.1, 0.15) is 0 Å². The van der Waals surface area contributed by atoms with Crippen molar-refractivity contribution in [1.29, 1.82) is 0 Å². The topological polar surface area (TPSA) is 43.6 Å². The number of thiophene rings is 1. The third-order valence-electron chi connectivity index (χ3n) is 10.2. The van der Waals surface area contributed by atoms with E-state index in [4.69, 9.17) is 15.0 Å². The molecule has 0 atom stereocenters. The molecule has 0 fully saturated rings. The van der Waals surface area contributed by atoms with Gasteiger partial charge in [-0.25, -0.2) is 4.98 Å². The van der Waals surface area contributed by atoms with Crippen LogP contribution in [0.25, 0.3) is 103 Å². The van der Waals surface area contributed by atoms with Gasteiger partial charge in [0.2, 0.25) is 5.95 Å². The highest BCUT2D eigenvalue weighted by Gasteiger charge is 2.20. The van der Waals surface area contributed by atoms with Crippen molar-refractivity contribution in [3.05, 3.63) is 170 Å². The summed E-state index contributed by atoms with van der Waals surface area (Å²) in [6.07, 6.45) is 0. The van der Waals surface area contributed by atoms with Crippen molar-refractivity contribution in [2.24, 2.45) is 0 Å². The minimum Gasteiger partial charge on any atom is -0.278 e. The summed E-state index contributed by atoms with van der Waals surface area (Å²) in [5.74, 6) is 1.89. The van der Waals surface area contributed by atoms with Crippen LogP contribution in [0.1, 0.15) is 0 Å². The fourth-order valence-electron chi connectivity index (χ4n) is 7.70. The van der Waals surface area contributed by atoms with Crippen LogP contribution in [0.2, 0.25) is 0 Å². The Labute approximate surface area is 302 Å². The zero-order valence-corrected chi connectivity index (χ0v) is 28.7. The van der Waals surface area contributed by atoms with E-state index in [0.29, 0.717) is 17.6 Å². The first kappa shape index (κ1) is 29.1.